The molecule has 0 aliphatic carbocycles. The molecule has 0 aliphatic rings. The van der Waals surface area contributed by atoms with Gasteiger partial charge in [-0.05, 0) is 49.2 Å². The predicted molar refractivity (Wildman–Crippen MR) is 86.6 cm³/mol. The Balaban J connectivity index is 1.90. The number of ether oxygens (including phenoxy) is 1. The van der Waals surface area contributed by atoms with Crippen LogP contribution in [0.3, 0.4) is 0 Å². The summed E-state index contributed by atoms with van der Waals surface area (Å²) in [5, 5.41) is 7.79. The van der Waals surface area contributed by atoms with Crippen LogP contribution in [0, 0.1) is 0 Å². The van der Waals surface area contributed by atoms with Crippen LogP contribution < -0.4 is 10.1 Å². The molecule has 2 nitrogen and oxygen atoms in total. The van der Waals surface area contributed by atoms with Crippen molar-refractivity contribution in [3.63, 3.8) is 0 Å². The summed E-state index contributed by atoms with van der Waals surface area (Å²) in [5.74, 6) is 0.986. The first-order valence-electron chi connectivity index (χ1n) is 7.01. The number of nitrogens with one attached hydrogen (secondary N) is 1. The van der Waals surface area contributed by atoms with Crippen LogP contribution in [0.1, 0.15) is 31.9 Å². The van der Waals surface area contributed by atoms with Crippen molar-refractivity contribution < 1.29 is 4.74 Å². The quantitative estimate of drug-likeness (QED) is 0.858. The van der Waals surface area contributed by atoms with Crippen LogP contribution in [0.5, 0.6) is 5.75 Å². The molecule has 0 atom stereocenters. The van der Waals surface area contributed by atoms with Gasteiger partial charge in [0.25, 0.3) is 0 Å². The molecular formula is C17H23NOS. The van der Waals surface area contributed by atoms with Gasteiger partial charge in [-0.25, -0.2) is 0 Å². The molecule has 2 rings (SSSR count). The molecule has 0 radical (unpaired) electrons. The smallest absolute Gasteiger partial charge is 0.123 e. The molecule has 108 valence electrons. The molecule has 0 fully saturated rings. The third-order valence-electron chi connectivity index (χ3n) is 3.01. The van der Waals surface area contributed by atoms with Crippen LogP contribution in [0.4, 0.5) is 0 Å². The molecule has 20 heavy (non-hydrogen) atoms. The van der Waals surface area contributed by atoms with E-state index in [-0.39, 0.29) is 5.54 Å². The molecule has 0 spiro atoms. The van der Waals surface area contributed by atoms with Crippen molar-refractivity contribution >= 4 is 11.3 Å². The second kappa shape index (κ2) is 6.91. The van der Waals surface area contributed by atoms with Crippen molar-refractivity contribution in [3.8, 4) is 5.75 Å². The fraction of sp³-hybridized carbons (Fsp3) is 0.412. The van der Waals surface area contributed by atoms with Crippen LogP contribution >= 0.6 is 11.3 Å². The maximum Gasteiger partial charge on any atom is 0.123 e. The highest BCUT2D eigenvalue weighted by atomic mass is 32.1. The lowest BCUT2D eigenvalue weighted by Crippen LogP contribution is -2.35. The second-order valence-corrected chi connectivity index (χ2v) is 6.72. The molecule has 0 aliphatic heterocycles. The van der Waals surface area contributed by atoms with Gasteiger partial charge in [-0.15, -0.1) is 0 Å². The number of thiophene rings is 1. The molecule has 0 saturated heterocycles. The largest absolute Gasteiger partial charge is 0.493 e. The van der Waals surface area contributed by atoms with Crippen LogP contribution in [-0.4, -0.2) is 12.1 Å². The third kappa shape index (κ3) is 4.99. The molecular weight excluding hydrogens is 266 g/mol. The lowest BCUT2D eigenvalue weighted by atomic mass is 10.1. The van der Waals surface area contributed by atoms with Crippen molar-refractivity contribution in [1.29, 1.82) is 0 Å². The van der Waals surface area contributed by atoms with Gasteiger partial charge in [0.05, 0.1) is 6.61 Å². The van der Waals surface area contributed by atoms with E-state index in [1.54, 1.807) is 11.3 Å². The van der Waals surface area contributed by atoms with Gasteiger partial charge in [0.1, 0.15) is 5.75 Å². The summed E-state index contributed by atoms with van der Waals surface area (Å²) in [5.41, 5.74) is 2.68. The zero-order valence-electron chi connectivity index (χ0n) is 12.5. The van der Waals surface area contributed by atoms with Gasteiger partial charge in [0.2, 0.25) is 0 Å². The number of rotatable bonds is 6. The molecule has 0 saturated carbocycles. The third-order valence-corrected chi connectivity index (χ3v) is 3.74. The molecule has 2 aromatic rings. The van der Waals surface area contributed by atoms with Gasteiger partial charge in [0, 0.05) is 24.1 Å². The molecule has 1 heterocycles. The summed E-state index contributed by atoms with van der Waals surface area (Å²) >= 11 is 1.73. The van der Waals surface area contributed by atoms with Crippen molar-refractivity contribution in [2.45, 2.75) is 39.3 Å². The molecule has 3 heteroatoms. The first-order chi connectivity index (χ1) is 9.54. The minimum absolute atomic E-state index is 0.115. The summed E-state index contributed by atoms with van der Waals surface area (Å²) in [7, 11) is 0. The van der Waals surface area contributed by atoms with Crippen molar-refractivity contribution in [2.24, 2.45) is 0 Å². The van der Waals surface area contributed by atoms with E-state index in [1.807, 2.05) is 12.1 Å². The van der Waals surface area contributed by atoms with E-state index in [4.69, 9.17) is 4.74 Å². The van der Waals surface area contributed by atoms with Crippen molar-refractivity contribution in [3.05, 3.63) is 52.2 Å². The fourth-order valence-corrected chi connectivity index (χ4v) is 2.57. The lowest BCUT2D eigenvalue weighted by Gasteiger charge is -2.21. The van der Waals surface area contributed by atoms with E-state index < -0.39 is 0 Å². The van der Waals surface area contributed by atoms with E-state index in [2.05, 4.69) is 55.0 Å². The van der Waals surface area contributed by atoms with Crippen LogP contribution in [0.25, 0.3) is 0 Å². The van der Waals surface area contributed by atoms with Gasteiger partial charge in [-0.1, -0.05) is 18.2 Å². The Bertz CT molecular complexity index is 514. The average molecular weight is 289 g/mol. The Labute approximate surface area is 125 Å². The van der Waals surface area contributed by atoms with Crippen molar-refractivity contribution in [2.75, 3.05) is 6.61 Å². The first-order valence-corrected chi connectivity index (χ1v) is 7.96. The van der Waals surface area contributed by atoms with E-state index in [0.29, 0.717) is 0 Å². The summed E-state index contributed by atoms with van der Waals surface area (Å²) in [6.07, 6.45) is 0.963. The zero-order valence-corrected chi connectivity index (χ0v) is 13.3. The standard InChI is InChI=1S/C17H23NOS/c1-17(2,3)18-12-15-6-4-5-7-16(15)19-10-8-14-9-11-20-13-14/h4-7,9,11,13,18H,8,10,12H2,1-3H3. The summed E-state index contributed by atoms with van der Waals surface area (Å²) in [4.78, 5) is 0. The summed E-state index contributed by atoms with van der Waals surface area (Å²) < 4.78 is 5.94. The SMILES string of the molecule is CC(C)(C)NCc1ccccc1OCCc1ccsc1. The Morgan fingerprint density at radius 2 is 1.95 bits per heavy atom. The summed E-state index contributed by atoms with van der Waals surface area (Å²) in [6, 6.07) is 10.4. The first kappa shape index (κ1) is 15.1. The van der Waals surface area contributed by atoms with Gasteiger partial charge >= 0.3 is 0 Å². The average Bonchev–Trinajstić information content (AvgIpc) is 2.90. The Morgan fingerprint density at radius 3 is 2.65 bits per heavy atom. The van der Waals surface area contributed by atoms with E-state index >= 15 is 0 Å². The predicted octanol–water partition coefficient (Wildman–Crippen LogP) is 4.26. The number of hydrogen-bond acceptors (Lipinski definition) is 3. The van der Waals surface area contributed by atoms with Gasteiger partial charge < -0.3 is 10.1 Å². The van der Waals surface area contributed by atoms with E-state index in [1.165, 1.54) is 11.1 Å². The van der Waals surface area contributed by atoms with Crippen LogP contribution in [-0.2, 0) is 13.0 Å². The Hall–Kier alpha value is -1.32. The lowest BCUT2D eigenvalue weighted by molar-refractivity contribution is 0.315. The van der Waals surface area contributed by atoms with E-state index in [9.17, 15) is 0 Å². The minimum Gasteiger partial charge on any atom is -0.493 e. The van der Waals surface area contributed by atoms with Gasteiger partial charge in [-0.2, -0.15) is 11.3 Å². The normalized spacial score (nSPS) is 11.6. The number of hydrogen-bond donors (Lipinski definition) is 1. The topological polar surface area (TPSA) is 21.3 Å². The molecule has 1 aromatic heterocycles. The maximum atomic E-state index is 5.94. The van der Waals surface area contributed by atoms with Crippen molar-refractivity contribution in [1.82, 2.24) is 5.32 Å². The number of para-hydroxylation sites is 1. The van der Waals surface area contributed by atoms with Gasteiger partial charge in [-0.3, -0.25) is 0 Å². The molecule has 0 bridgehead atoms. The highest BCUT2D eigenvalue weighted by Crippen LogP contribution is 2.19. The second-order valence-electron chi connectivity index (χ2n) is 5.94. The van der Waals surface area contributed by atoms with E-state index in [0.717, 1.165) is 25.3 Å². The molecule has 1 aromatic carbocycles. The summed E-state index contributed by atoms with van der Waals surface area (Å²) in [6.45, 7) is 8.08. The maximum absolute atomic E-state index is 5.94. The fourth-order valence-electron chi connectivity index (χ4n) is 1.86. The van der Waals surface area contributed by atoms with Crippen LogP contribution in [0.15, 0.2) is 41.1 Å². The zero-order chi connectivity index (χ0) is 14.4. The highest BCUT2D eigenvalue weighted by Gasteiger charge is 2.10. The monoisotopic (exact) mass is 289 g/mol. The molecule has 0 unspecified atom stereocenters. The molecule has 0 amide bonds. The Kier molecular flexibility index (Phi) is 5.21. The Morgan fingerprint density at radius 1 is 1.15 bits per heavy atom. The number of benzene rings is 1. The van der Waals surface area contributed by atoms with Gasteiger partial charge in [0.15, 0.2) is 0 Å². The van der Waals surface area contributed by atoms with Crippen LogP contribution in [0.2, 0.25) is 0 Å². The molecule has 1 N–H and O–H groups in total. The minimum atomic E-state index is 0.115. The highest BCUT2D eigenvalue weighted by molar-refractivity contribution is 7.07.